The Bertz CT molecular complexity index is 1100. The number of anilines is 1. The van der Waals surface area contributed by atoms with Gasteiger partial charge in [0, 0.05) is 19.2 Å². The summed E-state index contributed by atoms with van der Waals surface area (Å²) in [5, 5.41) is 12.5. The largest absolute Gasteiger partial charge is 0.481 e. The zero-order valence-corrected chi connectivity index (χ0v) is 14.7. The van der Waals surface area contributed by atoms with Crippen LogP contribution < -0.4 is 11.1 Å². The molecule has 0 atom stereocenters. The van der Waals surface area contributed by atoms with Crippen LogP contribution in [0.25, 0.3) is 11.1 Å². The molecule has 0 unspecified atom stereocenters. The molecule has 1 aliphatic rings. The van der Waals surface area contributed by atoms with E-state index in [0.29, 0.717) is 29.6 Å². The van der Waals surface area contributed by atoms with Gasteiger partial charge in [-0.1, -0.05) is 24.3 Å². The van der Waals surface area contributed by atoms with Gasteiger partial charge in [-0.25, -0.2) is 4.79 Å². The fraction of sp³-hybridized carbons (Fsp3) is 0.250. The minimum Gasteiger partial charge on any atom is -0.481 e. The molecular formula is C20H18N2O5. The number of aliphatic carboxylic acids is 1. The summed E-state index contributed by atoms with van der Waals surface area (Å²) in [4.78, 5) is 36.1. The number of carbonyl (C=O) groups excluding carboxylic acids is 1. The van der Waals surface area contributed by atoms with Crippen molar-refractivity contribution in [3.05, 3.63) is 64.1 Å². The molecule has 0 fully saturated rings. The second-order valence-corrected chi connectivity index (χ2v) is 7.04. The SMILES string of the molecule is Cn1c(=O)oc2ccc(NC(=O)CC3(C(=O)O)Cc4ccccc4C3)cc21. The van der Waals surface area contributed by atoms with Crippen molar-refractivity contribution in [1.82, 2.24) is 4.57 Å². The third-order valence-electron chi connectivity index (χ3n) is 5.20. The van der Waals surface area contributed by atoms with E-state index in [-0.39, 0.29) is 12.3 Å². The summed E-state index contributed by atoms with van der Waals surface area (Å²) in [6.07, 6.45) is 0.543. The van der Waals surface area contributed by atoms with E-state index < -0.39 is 17.1 Å². The molecular weight excluding hydrogens is 348 g/mol. The van der Waals surface area contributed by atoms with Gasteiger partial charge in [-0.2, -0.15) is 0 Å². The third-order valence-corrected chi connectivity index (χ3v) is 5.20. The number of amides is 1. The first kappa shape index (κ1) is 17.1. The van der Waals surface area contributed by atoms with Gasteiger partial charge in [-0.3, -0.25) is 14.2 Å². The summed E-state index contributed by atoms with van der Waals surface area (Å²) in [5.41, 5.74) is 2.28. The molecule has 0 spiro atoms. The van der Waals surface area contributed by atoms with E-state index in [4.69, 9.17) is 4.42 Å². The number of aryl methyl sites for hydroxylation is 1. The number of nitrogens with zero attached hydrogens (tertiary/aromatic N) is 1. The van der Waals surface area contributed by atoms with Crippen LogP contribution in [0, 0.1) is 5.41 Å². The average Bonchev–Trinajstić information content (AvgIpc) is 3.13. The molecule has 1 amide bonds. The topological polar surface area (TPSA) is 102 Å². The van der Waals surface area contributed by atoms with Crippen LogP contribution >= 0.6 is 0 Å². The average molecular weight is 366 g/mol. The Morgan fingerprint density at radius 2 is 1.85 bits per heavy atom. The number of oxazole rings is 1. The predicted molar refractivity (Wildman–Crippen MR) is 98.6 cm³/mol. The summed E-state index contributed by atoms with van der Waals surface area (Å²) in [6.45, 7) is 0. The number of benzene rings is 2. The number of aromatic nitrogens is 1. The summed E-state index contributed by atoms with van der Waals surface area (Å²) >= 11 is 0. The van der Waals surface area contributed by atoms with Crippen molar-refractivity contribution < 1.29 is 19.1 Å². The maximum atomic E-state index is 12.6. The van der Waals surface area contributed by atoms with Gasteiger partial charge in [-0.15, -0.1) is 0 Å². The summed E-state index contributed by atoms with van der Waals surface area (Å²) in [6, 6.07) is 12.4. The zero-order valence-electron chi connectivity index (χ0n) is 14.7. The molecule has 3 aromatic rings. The molecule has 4 rings (SSSR count). The minimum atomic E-state index is -1.14. The molecule has 0 bridgehead atoms. The maximum Gasteiger partial charge on any atom is 0.419 e. The number of carboxylic acids is 1. The molecule has 2 aromatic carbocycles. The van der Waals surface area contributed by atoms with Crippen LogP contribution in [0.3, 0.4) is 0 Å². The first-order chi connectivity index (χ1) is 12.9. The molecule has 0 aliphatic heterocycles. The highest BCUT2D eigenvalue weighted by molar-refractivity contribution is 5.96. The third kappa shape index (κ3) is 2.91. The summed E-state index contributed by atoms with van der Waals surface area (Å²) < 4.78 is 6.41. The van der Waals surface area contributed by atoms with Crippen molar-refractivity contribution in [2.45, 2.75) is 19.3 Å². The van der Waals surface area contributed by atoms with E-state index in [0.717, 1.165) is 11.1 Å². The van der Waals surface area contributed by atoms with Crippen molar-refractivity contribution in [2.24, 2.45) is 12.5 Å². The standard InChI is InChI=1S/C20H18N2O5/c1-22-15-8-14(6-7-16(15)27-19(22)26)21-17(23)11-20(18(24)25)9-12-4-2-3-5-13(12)10-20/h2-8H,9-11H2,1H3,(H,21,23)(H,24,25). The van der Waals surface area contributed by atoms with Crippen molar-refractivity contribution in [3.63, 3.8) is 0 Å². The fourth-order valence-corrected chi connectivity index (χ4v) is 3.76. The van der Waals surface area contributed by atoms with Gasteiger partial charge in [0.1, 0.15) is 0 Å². The van der Waals surface area contributed by atoms with E-state index in [1.165, 1.54) is 4.57 Å². The van der Waals surface area contributed by atoms with Gasteiger partial charge in [0.05, 0.1) is 10.9 Å². The lowest BCUT2D eigenvalue weighted by Crippen LogP contribution is -2.36. The molecule has 0 radical (unpaired) electrons. The van der Waals surface area contributed by atoms with Gasteiger partial charge in [0.25, 0.3) is 0 Å². The van der Waals surface area contributed by atoms with Crippen molar-refractivity contribution in [3.8, 4) is 0 Å². The second-order valence-electron chi connectivity index (χ2n) is 7.04. The first-order valence-corrected chi connectivity index (χ1v) is 8.58. The molecule has 138 valence electrons. The quantitative estimate of drug-likeness (QED) is 0.738. The minimum absolute atomic E-state index is 0.126. The number of hydrogen-bond acceptors (Lipinski definition) is 4. The number of carbonyl (C=O) groups is 2. The number of nitrogens with one attached hydrogen (secondary N) is 1. The lowest BCUT2D eigenvalue weighted by Gasteiger charge is -2.23. The van der Waals surface area contributed by atoms with Gasteiger partial charge in [0.2, 0.25) is 5.91 Å². The van der Waals surface area contributed by atoms with Gasteiger partial charge < -0.3 is 14.8 Å². The van der Waals surface area contributed by atoms with Crippen LogP contribution in [0.4, 0.5) is 5.69 Å². The maximum absolute atomic E-state index is 12.6. The molecule has 0 saturated carbocycles. The van der Waals surface area contributed by atoms with Crippen LogP contribution in [0.1, 0.15) is 17.5 Å². The molecule has 1 heterocycles. The van der Waals surface area contributed by atoms with E-state index >= 15 is 0 Å². The Morgan fingerprint density at radius 1 is 1.19 bits per heavy atom. The highest BCUT2D eigenvalue weighted by atomic mass is 16.4. The van der Waals surface area contributed by atoms with Crippen LogP contribution in [-0.4, -0.2) is 21.6 Å². The normalized spacial score (nSPS) is 14.9. The number of carboxylic acid groups (broad SMARTS) is 1. The van der Waals surface area contributed by atoms with Crippen molar-refractivity contribution >= 4 is 28.7 Å². The number of rotatable bonds is 4. The molecule has 1 aromatic heterocycles. The van der Waals surface area contributed by atoms with Crippen LogP contribution in [0.5, 0.6) is 0 Å². The van der Waals surface area contributed by atoms with Crippen molar-refractivity contribution in [1.29, 1.82) is 0 Å². The molecule has 0 saturated heterocycles. The van der Waals surface area contributed by atoms with E-state index in [1.807, 2.05) is 24.3 Å². The van der Waals surface area contributed by atoms with Gasteiger partial charge in [-0.05, 0) is 42.2 Å². The Labute approximate surface area is 154 Å². The van der Waals surface area contributed by atoms with E-state index in [2.05, 4.69) is 5.32 Å². The van der Waals surface area contributed by atoms with Crippen LogP contribution in [0.15, 0.2) is 51.7 Å². The molecule has 2 N–H and O–H groups in total. The highest BCUT2D eigenvalue weighted by Crippen LogP contribution is 2.40. The predicted octanol–water partition coefficient (Wildman–Crippen LogP) is 2.33. The van der Waals surface area contributed by atoms with Gasteiger partial charge >= 0.3 is 11.7 Å². The summed E-state index contributed by atoms with van der Waals surface area (Å²) in [7, 11) is 1.58. The highest BCUT2D eigenvalue weighted by Gasteiger charge is 2.45. The monoisotopic (exact) mass is 366 g/mol. The molecule has 7 nitrogen and oxygen atoms in total. The Balaban J connectivity index is 1.56. The molecule has 7 heteroatoms. The number of hydrogen-bond donors (Lipinski definition) is 2. The van der Waals surface area contributed by atoms with E-state index in [1.54, 1.807) is 25.2 Å². The first-order valence-electron chi connectivity index (χ1n) is 8.58. The summed E-state index contributed by atoms with van der Waals surface area (Å²) in [5.74, 6) is -1.83. The second kappa shape index (κ2) is 6.12. The van der Waals surface area contributed by atoms with Gasteiger partial charge in [0.15, 0.2) is 5.58 Å². The number of fused-ring (bicyclic) bond motifs is 2. The van der Waals surface area contributed by atoms with Crippen molar-refractivity contribution in [2.75, 3.05) is 5.32 Å². The Morgan fingerprint density at radius 3 is 2.48 bits per heavy atom. The molecule has 27 heavy (non-hydrogen) atoms. The fourth-order valence-electron chi connectivity index (χ4n) is 3.76. The van der Waals surface area contributed by atoms with Crippen LogP contribution in [0.2, 0.25) is 0 Å². The smallest absolute Gasteiger partial charge is 0.419 e. The lowest BCUT2D eigenvalue weighted by atomic mass is 9.81. The van der Waals surface area contributed by atoms with Crippen LogP contribution in [-0.2, 0) is 29.5 Å². The lowest BCUT2D eigenvalue weighted by molar-refractivity contribution is -0.150. The Kier molecular flexibility index (Phi) is 3.87. The molecule has 1 aliphatic carbocycles. The Hall–Kier alpha value is -3.35. The van der Waals surface area contributed by atoms with E-state index in [9.17, 15) is 19.5 Å². The zero-order chi connectivity index (χ0) is 19.2.